The van der Waals surface area contributed by atoms with E-state index >= 15 is 0 Å². The number of carbonyl (C=O) groups excluding carboxylic acids is 1. The van der Waals surface area contributed by atoms with Crippen LogP contribution in [0.5, 0.6) is 0 Å². The molecule has 6 nitrogen and oxygen atoms in total. The number of para-hydroxylation sites is 1. The van der Waals surface area contributed by atoms with Crippen LogP contribution in [0, 0.1) is 0 Å². The van der Waals surface area contributed by atoms with E-state index in [0.717, 1.165) is 21.7 Å². The van der Waals surface area contributed by atoms with Crippen LogP contribution in [0.3, 0.4) is 0 Å². The van der Waals surface area contributed by atoms with Crippen LogP contribution in [0.4, 0.5) is 0 Å². The molecule has 0 saturated carbocycles. The van der Waals surface area contributed by atoms with Crippen LogP contribution >= 0.6 is 23.5 Å². The van der Waals surface area contributed by atoms with E-state index in [0.29, 0.717) is 5.16 Å². The lowest BCUT2D eigenvalue weighted by molar-refractivity contribution is -0.117. The summed E-state index contributed by atoms with van der Waals surface area (Å²) in [6, 6.07) is 9.78. The first kappa shape index (κ1) is 15.8. The van der Waals surface area contributed by atoms with Gasteiger partial charge in [0.1, 0.15) is 5.03 Å². The monoisotopic (exact) mass is 345 g/mol. The Labute approximate surface area is 141 Å². The fourth-order valence-corrected chi connectivity index (χ4v) is 3.36. The predicted octanol–water partition coefficient (Wildman–Crippen LogP) is 2.50. The Morgan fingerprint density at radius 2 is 2.00 bits per heavy atom. The van der Waals surface area contributed by atoms with Gasteiger partial charge in [0.05, 0.1) is 22.5 Å². The number of aromatic nitrogens is 4. The standard InChI is InChI=1S/C15H15N5OS2/c1-9(12(16)21)23-15-18-13-11(14(19-15)22-2)8-17-20(13)10-6-4-3-5-7-10/h3-9H,1-2H3,(H2,16,21). The summed E-state index contributed by atoms with van der Waals surface area (Å²) in [6.07, 6.45) is 3.72. The molecule has 118 valence electrons. The molecule has 23 heavy (non-hydrogen) atoms. The maximum absolute atomic E-state index is 11.3. The zero-order valence-corrected chi connectivity index (χ0v) is 14.3. The number of nitrogens with two attached hydrogens (primary N) is 1. The van der Waals surface area contributed by atoms with E-state index in [-0.39, 0.29) is 5.91 Å². The molecule has 0 aliphatic rings. The Bertz CT molecular complexity index is 850. The SMILES string of the molecule is CSc1nc(SC(C)C(N)=O)nc2c1cnn2-c1ccccc1. The number of amides is 1. The molecule has 1 atom stereocenters. The molecular weight excluding hydrogens is 330 g/mol. The van der Waals surface area contributed by atoms with Crippen LogP contribution in [0.1, 0.15) is 6.92 Å². The lowest BCUT2D eigenvalue weighted by Crippen LogP contribution is -2.22. The predicted molar refractivity (Wildman–Crippen MR) is 93.0 cm³/mol. The van der Waals surface area contributed by atoms with Crippen LogP contribution in [0.2, 0.25) is 0 Å². The zero-order chi connectivity index (χ0) is 16.4. The number of benzene rings is 1. The molecule has 0 fully saturated rings. The number of rotatable bonds is 5. The highest BCUT2D eigenvalue weighted by atomic mass is 32.2. The molecule has 2 aromatic heterocycles. The van der Waals surface area contributed by atoms with Gasteiger partial charge < -0.3 is 5.73 Å². The molecule has 0 bridgehead atoms. The van der Waals surface area contributed by atoms with Crippen molar-refractivity contribution < 1.29 is 4.79 Å². The fourth-order valence-electron chi connectivity index (χ4n) is 2.05. The van der Waals surface area contributed by atoms with Gasteiger partial charge in [-0.25, -0.2) is 14.6 Å². The van der Waals surface area contributed by atoms with Gasteiger partial charge in [-0.15, -0.1) is 11.8 Å². The molecule has 1 unspecified atom stereocenters. The van der Waals surface area contributed by atoms with Crippen LogP contribution < -0.4 is 5.73 Å². The van der Waals surface area contributed by atoms with E-state index in [2.05, 4.69) is 15.1 Å². The highest BCUT2D eigenvalue weighted by molar-refractivity contribution is 8.00. The van der Waals surface area contributed by atoms with Crippen molar-refractivity contribution in [2.75, 3.05) is 6.26 Å². The lowest BCUT2D eigenvalue weighted by atomic mass is 10.3. The molecule has 0 radical (unpaired) electrons. The first-order chi connectivity index (χ1) is 11.1. The lowest BCUT2D eigenvalue weighted by Gasteiger charge is -2.08. The van der Waals surface area contributed by atoms with Gasteiger partial charge in [-0.1, -0.05) is 30.0 Å². The van der Waals surface area contributed by atoms with E-state index in [1.807, 2.05) is 36.6 Å². The van der Waals surface area contributed by atoms with Crippen molar-refractivity contribution in [1.82, 2.24) is 19.7 Å². The number of hydrogen-bond acceptors (Lipinski definition) is 6. The molecule has 0 aliphatic heterocycles. The summed E-state index contributed by atoms with van der Waals surface area (Å²) >= 11 is 2.77. The molecule has 0 aliphatic carbocycles. The number of thioether (sulfide) groups is 2. The van der Waals surface area contributed by atoms with Gasteiger partial charge in [-0.3, -0.25) is 4.79 Å². The third kappa shape index (κ3) is 3.18. The van der Waals surface area contributed by atoms with Crippen molar-refractivity contribution in [3.8, 4) is 5.69 Å². The molecule has 1 amide bonds. The Morgan fingerprint density at radius 1 is 1.26 bits per heavy atom. The summed E-state index contributed by atoms with van der Waals surface area (Å²) in [6.45, 7) is 1.74. The summed E-state index contributed by atoms with van der Waals surface area (Å²) in [4.78, 5) is 20.4. The van der Waals surface area contributed by atoms with Gasteiger partial charge in [0.2, 0.25) is 5.91 Å². The summed E-state index contributed by atoms with van der Waals surface area (Å²) in [5, 5.41) is 6.27. The minimum absolute atomic E-state index is 0.388. The fraction of sp³-hybridized carbons (Fsp3) is 0.200. The first-order valence-corrected chi connectivity index (χ1v) is 9.01. The number of primary amides is 1. The van der Waals surface area contributed by atoms with E-state index < -0.39 is 5.25 Å². The molecule has 3 rings (SSSR count). The number of hydrogen-bond donors (Lipinski definition) is 1. The Balaban J connectivity index is 2.12. The first-order valence-electron chi connectivity index (χ1n) is 6.91. The van der Waals surface area contributed by atoms with E-state index in [1.165, 1.54) is 23.5 Å². The molecule has 0 spiro atoms. The highest BCUT2D eigenvalue weighted by Crippen LogP contribution is 2.29. The summed E-state index contributed by atoms with van der Waals surface area (Å²) in [5.74, 6) is -0.388. The molecule has 2 heterocycles. The summed E-state index contributed by atoms with van der Waals surface area (Å²) in [7, 11) is 0. The average Bonchev–Trinajstić information content (AvgIpc) is 2.98. The molecular formula is C15H15N5OS2. The Hall–Kier alpha value is -2.06. The van der Waals surface area contributed by atoms with Crippen molar-refractivity contribution in [3.63, 3.8) is 0 Å². The highest BCUT2D eigenvalue weighted by Gasteiger charge is 2.17. The second kappa shape index (κ2) is 6.59. The van der Waals surface area contributed by atoms with Crippen molar-refractivity contribution in [1.29, 1.82) is 0 Å². The molecule has 3 aromatic rings. The third-order valence-corrected chi connectivity index (χ3v) is 4.93. The van der Waals surface area contributed by atoms with Crippen LogP contribution in [-0.4, -0.2) is 37.2 Å². The maximum Gasteiger partial charge on any atom is 0.230 e. The normalized spacial score (nSPS) is 12.4. The van der Waals surface area contributed by atoms with Crippen LogP contribution in [0.25, 0.3) is 16.7 Å². The molecule has 2 N–H and O–H groups in total. The van der Waals surface area contributed by atoms with Gasteiger partial charge in [0, 0.05) is 0 Å². The van der Waals surface area contributed by atoms with E-state index in [9.17, 15) is 4.79 Å². The van der Waals surface area contributed by atoms with Gasteiger partial charge in [0.15, 0.2) is 10.8 Å². The molecule has 1 aromatic carbocycles. The average molecular weight is 345 g/mol. The van der Waals surface area contributed by atoms with Crippen LogP contribution in [0.15, 0.2) is 46.7 Å². The van der Waals surface area contributed by atoms with Crippen molar-refractivity contribution >= 4 is 40.5 Å². The smallest absolute Gasteiger partial charge is 0.230 e. The second-order valence-electron chi connectivity index (χ2n) is 4.81. The van der Waals surface area contributed by atoms with Gasteiger partial charge in [-0.2, -0.15) is 5.10 Å². The minimum Gasteiger partial charge on any atom is -0.369 e. The van der Waals surface area contributed by atoms with Crippen molar-refractivity contribution in [2.24, 2.45) is 5.73 Å². The van der Waals surface area contributed by atoms with Crippen molar-refractivity contribution in [3.05, 3.63) is 36.5 Å². The third-order valence-electron chi connectivity index (χ3n) is 3.25. The van der Waals surface area contributed by atoms with E-state index in [4.69, 9.17) is 5.73 Å². The number of carbonyl (C=O) groups is 1. The van der Waals surface area contributed by atoms with Gasteiger partial charge >= 0.3 is 0 Å². The minimum atomic E-state index is -0.393. The molecule has 8 heteroatoms. The van der Waals surface area contributed by atoms with Crippen molar-refractivity contribution in [2.45, 2.75) is 22.4 Å². The maximum atomic E-state index is 11.3. The van der Waals surface area contributed by atoms with Gasteiger partial charge in [-0.05, 0) is 25.3 Å². The van der Waals surface area contributed by atoms with Crippen LogP contribution in [-0.2, 0) is 4.79 Å². The Morgan fingerprint density at radius 3 is 2.65 bits per heavy atom. The number of nitrogens with zero attached hydrogens (tertiary/aromatic N) is 4. The topological polar surface area (TPSA) is 86.7 Å². The summed E-state index contributed by atoms with van der Waals surface area (Å²) in [5.41, 5.74) is 6.97. The molecule has 0 saturated heterocycles. The Kier molecular flexibility index (Phi) is 4.53. The number of fused-ring (bicyclic) bond motifs is 1. The second-order valence-corrected chi connectivity index (χ2v) is 6.91. The van der Waals surface area contributed by atoms with E-state index in [1.54, 1.807) is 17.8 Å². The van der Waals surface area contributed by atoms with Gasteiger partial charge in [0.25, 0.3) is 0 Å². The zero-order valence-electron chi connectivity index (χ0n) is 12.6. The largest absolute Gasteiger partial charge is 0.369 e. The quantitative estimate of drug-likeness (QED) is 0.434. The summed E-state index contributed by atoms with van der Waals surface area (Å²) < 4.78 is 1.77.